The highest BCUT2D eigenvalue weighted by Crippen LogP contribution is 2.36. The minimum Gasteiger partial charge on any atom is -0.495 e. The zero-order valence-corrected chi connectivity index (χ0v) is 18.1. The second-order valence-electron chi connectivity index (χ2n) is 8.29. The van der Waals surface area contributed by atoms with E-state index in [4.69, 9.17) is 10.5 Å². The second kappa shape index (κ2) is 7.00. The number of thiophene rings is 1. The molecule has 3 aromatic heterocycles. The lowest BCUT2D eigenvalue weighted by molar-refractivity contribution is 0.247. The third-order valence-electron chi connectivity index (χ3n) is 6.39. The zero-order valence-electron chi connectivity index (χ0n) is 17.3. The van der Waals surface area contributed by atoms with Gasteiger partial charge in [-0.2, -0.15) is 0 Å². The summed E-state index contributed by atoms with van der Waals surface area (Å²) >= 11 is 1.50. The molecule has 9 heteroatoms. The quantitative estimate of drug-likeness (QED) is 0.454. The van der Waals surface area contributed by atoms with Crippen molar-refractivity contribution in [2.45, 2.75) is 18.9 Å². The second-order valence-corrected chi connectivity index (χ2v) is 9.20. The van der Waals surface area contributed by atoms with Gasteiger partial charge in [-0.05, 0) is 30.4 Å². The van der Waals surface area contributed by atoms with E-state index < -0.39 is 0 Å². The van der Waals surface area contributed by atoms with Crippen LogP contribution in [0.4, 0.5) is 11.4 Å². The Hall–Kier alpha value is -3.04. The number of rotatable bonds is 4. The fourth-order valence-electron chi connectivity index (χ4n) is 4.59. The van der Waals surface area contributed by atoms with Crippen LogP contribution in [0, 0.1) is 0 Å². The van der Waals surface area contributed by atoms with Gasteiger partial charge in [0.1, 0.15) is 17.1 Å². The van der Waals surface area contributed by atoms with Crippen molar-refractivity contribution >= 4 is 44.0 Å². The molecule has 6 rings (SSSR count). The lowest BCUT2D eigenvalue weighted by atomic mass is 10.2. The van der Waals surface area contributed by atoms with E-state index in [9.17, 15) is 4.79 Å². The van der Waals surface area contributed by atoms with E-state index in [1.165, 1.54) is 24.2 Å². The van der Waals surface area contributed by atoms with Crippen LogP contribution >= 0.6 is 11.3 Å². The molecular formula is C22H24N6O2S. The summed E-state index contributed by atoms with van der Waals surface area (Å²) in [4.78, 5) is 28.6. The average molecular weight is 437 g/mol. The highest BCUT2D eigenvalue weighted by atomic mass is 32.1. The van der Waals surface area contributed by atoms with Crippen LogP contribution in [0.5, 0.6) is 5.75 Å². The van der Waals surface area contributed by atoms with Gasteiger partial charge in [0.2, 0.25) is 0 Å². The molecular weight excluding hydrogens is 412 g/mol. The molecule has 0 radical (unpaired) electrons. The van der Waals surface area contributed by atoms with Crippen LogP contribution in [0.15, 0.2) is 28.4 Å². The topological polar surface area (TPSA) is 103 Å². The summed E-state index contributed by atoms with van der Waals surface area (Å²) < 4.78 is 6.57. The molecule has 8 nitrogen and oxygen atoms in total. The number of imidazole rings is 1. The van der Waals surface area contributed by atoms with Crippen LogP contribution in [0.1, 0.15) is 12.8 Å². The SMILES string of the molecule is COc1cc2nc(-c3c(N)c4sccc4[nH]c3=O)[nH]c2cc1N1CCN(C2CC2)CC1. The molecule has 1 aromatic carbocycles. The number of nitrogen functional groups attached to an aromatic ring is 1. The van der Waals surface area contributed by atoms with Gasteiger partial charge in [0.05, 0.1) is 39.7 Å². The summed E-state index contributed by atoms with van der Waals surface area (Å²) in [5.74, 6) is 1.27. The molecule has 160 valence electrons. The van der Waals surface area contributed by atoms with Crippen molar-refractivity contribution in [2.24, 2.45) is 0 Å². The molecule has 4 N–H and O–H groups in total. The number of nitrogens with two attached hydrogens (primary N) is 1. The number of piperazine rings is 1. The summed E-state index contributed by atoms with van der Waals surface area (Å²) in [6, 6.07) is 6.67. The largest absolute Gasteiger partial charge is 0.495 e. The number of aromatic nitrogens is 3. The zero-order chi connectivity index (χ0) is 21.1. The highest BCUT2D eigenvalue weighted by molar-refractivity contribution is 7.17. The molecule has 0 amide bonds. The van der Waals surface area contributed by atoms with Gasteiger partial charge in [0, 0.05) is 38.3 Å². The Balaban J connectivity index is 1.40. The van der Waals surface area contributed by atoms with Crippen molar-refractivity contribution in [2.75, 3.05) is 43.9 Å². The predicted molar refractivity (Wildman–Crippen MR) is 125 cm³/mol. The Morgan fingerprint density at radius 2 is 1.97 bits per heavy atom. The van der Waals surface area contributed by atoms with E-state index in [1.54, 1.807) is 7.11 Å². The van der Waals surface area contributed by atoms with Crippen molar-refractivity contribution in [3.63, 3.8) is 0 Å². The smallest absolute Gasteiger partial charge is 0.261 e. The molecule has 1 saturated heterocycles. The number of H-pyrrole nitrogens is 2. The number of ether oxygens (including phenoxy) is 1. The van der Waals surface area contributed by atoms with Gasteiger partial charge in [-0.1, -0.05) is 0 Å². The maximum absolute atomic E-state index is 12.7. The molecule has 0 spiro atoms. The van der Waals surface area contributed by atoms with Gasteiger partial charge in [-0.25, -0.2) is 4.98 Å². The molecule has 4 aromatic rings. The summed E-state index contributed by atoms with van der Waals surface area (Å²) in [7, 11) is 1.69. The number of nitrogens with one attached hydrogen (secondary N) is 2. The number of nitrogens with zero attached hydrogens (tertiary/aromatic N) is 3. The Morgan fingerprint density at radius 3 is 2.71 bits per heavy atom. The Kier molecular flexibility index (Phi) is 4.22. The molecule has 2 fully saturated rings. The maximum atomic E-state index is 12.7. The lowest BCUT2D eigenvalue weighted by Gasteiger charge is -2.36. The van der Waals surface area contributed by atoms with Crippen LogP contribution in [0.3, 0.4) is 0 Å². The van der Waals surface area contributed by atoms with Gasteiger partial charge >= 0.3 is 0 Å². The Bertz CT molecular complexity index is 1340. The Morgan fingerprint density at radius 1 is 1.16 bits per heavy atom. The molecule has 2 aliphatic rings. The number of hydrogen-bond acceptors (Lipinski definition) is 7. The molecule has 0 bridgehead atoms. The molecule has 0 atom stereocenters. The minimum absolute atomic E-state index is 0.245. The van der Waals surface area contributed by atoms with Gasteiger partial charge in [-0.15, -0.1) is 11.3 Å². The molecule has 1 aliphatic heterocycles. The van der Waals surface area contributed by atoms with Gasteiger partial charge in [0.25, 0.3) is 5.56 Å². The summed E-state index contributed by atoms with van der Waals surface area (Å²) in [6.07, 6.45) is 2.68. The first-order valence-corrected chi connectivity index (χ1v) is 11.5. The average Bonchev–Trinajstić information content (AvgIpc) is 3.38. The first-order valence-electron chi connectivity index (χ1n) is 10.6. The standard InChI is InChI=1S/C22H24N6O2S/c1-30-17-11-15-14(10-16(17)28-7-5-27(6-8-28)12-2-3-12)24-21(25-15)18-19(23)20-13(4-9-31-20)26-22(18)29/h4,9-12H,2-3,5-8H2,1H3,(H,24,25)(H3,23,26,29). The highest BCUT2D eigenvalue weighted by Gasteiger charge is 2.32. The number of benzene rings is 1. The number of methoxy groups -OCH3 is 1. The fraction of sp³-hybridized carbons (Fsp3) is 0.364. The van der Waals surface area contributed by atoms with Crippen LogP contribution in [-0.2, 0) is 0 Å². The van der Waals surface area contributed by atoms with Crippen LogP contribution in [0.25, 0.3) is 32.6 Å². The van der Waals surface area contributed by atoms with E-state index >= 15 is 0 Å². The van der Waals surface area contributed by atoms with Crippen molar-refractivity contribution in [1.82, 2.24) is 19.9 Å². The monoisotopic (exact) mass is 436 g/mol. The minimum atomic E-state index is -0.245. The number of aromatic amines is 2. The Labute approximate surface area is 182 Å². The number of pyridine rings is 1. The summed E-state index contributed by atoms with van der Waals surface area (Å²) in [5, 5.41) is 1.92. The molecule has 1 aliphatic carbocycles. The number of hydrogen-bond donors (Lipinski definition) is 3. The van der Waals surface area contributed by atoms with E-state index in [0.717, 1.165) is 64.9 Å². The summed E-state index contributed by atoms with van der Waals surface area (Å²) in [5.41, 5.74) is 10.4. The predicted octanol–water partition coefficient (Wildman–Crippen LogP) is 3.01. The van der Waals surface area contributed by atoms with Crippen LogP contribution in [0.2, 0.25) is 0 Å². The fourth-order valence-corrected chi connectivity index (χ4v) is 5.41. The molecule has 0 unspecified atom stereocenters. The lowest BCUT2D eigenvalue weighted by Crippen LogP contribution is -2.47. The van der Waals surface area contributed by atoms with Crippen LogP contribution < -0.4 is 20.9 Å². The van der Waals surface area contributed by atoms with Gasteiger partial charge < -0.3 is 25.3 Å². The van der Waals surface area contributed by atoms with E-state index in [1.807, 2.05) is 17.5 Å². The first-order chi connectivity index (χ1) is 15.1. The van der Waals surface area contributed by atoms with E-state index in [2.05, 4.69) is 30.8 Å². The number of anilines is 2. The van der Waals surface area contributed by atoms with E-state index in [0.29, 0.717) is 17.1 Å². The molecule has 31 heavy (non-hydrogen) atoms. The maximum Gasteiger partial charge on any atom is 0.261 e. The van der Waals surface area contributed by atoms with Crippen molar-refractivity contribution < 1.29 is 4.74 Å². The van der Waals surface area contributed by atoms with Crippen molar-refractivity contribution in [1.29, 1.82) is 0 Å². The third kappa shape index (κ3) is 3.07. The first kappa shape index (κ1) is 18.7. The van der Waals surface area contributed by atoms with Crippen LogP contribution in [-0.4, -0.2) is 59.2 Å². The van der Waals surface area contributed by atoms with Gasteiger partial charge in [-0.3, -0.25) is 9.69 Å². The molecule has 1 saturated carbocycles. The number of fused-ring (bicyclic) bond motifs is 2. The van der Waals surface area contributed by atoms with Crippen molar-refractivity contribution in [3.05, 3.63) is 33.9 Å². The van der Waals surface area contributed by atoms with Crippen molar-refractivity contribution in [3.8, 4) is 17.1 Å². The summed E-state index contributed by atoms with van der Waals surface area (Å²) in [6.45, 7) is 4.10. The van der Waals surface area contributed by atoms with Gasteiger partial charge in [0.15, 0.2) is 0 Å². The normalized spacial score (nSPS) is 17.6. The van der Waals surface area contributed by atoms with E-state index in [-0.39, 0.29) is 5.56 Å². The third-order valence-corrected chi connectivity index (χ3v) is 7.34. The molecule has 4 heterocycles.